The van der Waals surface area contributed by atoms with Crippen LogP contribution in [-0.2, 0) is 14.8 Å². The van der Waals surface area contributed by atoms with Gasteiger partial charge in [-0.3, -0.25) is 4.79 Å². The molecule has 2 aliphatic rings. The second-order valence-corrected chi connectivity index (χ2v) is 13.7. The van der Waals surface area contributed by atoms with Gasteiger partial charge < -0.3 is 19.7 Å². The Balaban J connectivity index is 1.67. The Kier molecular flexibility index (Phi) is 8.39. The fraction of sp³-hybridized carbons (Fsp3) is 0.375. The highest BCUT2D eigenvalue weighted by Crippen LogP contribution is 2.40. The smallest absolute Gasteiger partial charge is 0.410 e. The minimum Gasteiger partial charge on any atom is -0.475 e. The van der Waals surface area contributed by atoms with Crippen molar-refractivity contribution in [2.75, 3.05) is 24.4 Å². The third-order valence-corrected chi connectivity index (χ3v) is 8.58. The highest BCUT2D eigenvalue weighted by molar-refractivity contribution is 7.92. The van der Waals surface area contributed by atoms with E-state index in [0.29, 0.717) is 30.8 Å². The van der Waals surface area contributed by atoms with Crippen LogP contribution in [0.1, 0.15) is 61.2 Å². The van der Waals surface area contributed by atoms with E-state index in [1.54, 1.807) is 17.9 Å². The normalized spacial score (nSPS) is 18.3. The first-order valence-corrected chi connectivity index (χ1v) is 15.9. The fourth-order valence-corrected chi connectivity index (χ4v) is 6.16. The van der Waals surface area contributed by atoms with Gasteiger partial charge in [0.1, 0.15) is 12.2 Å². The quantitative estimate of drug-likeness (QED) is 0.404. The van der Waals surface area contributed by atoms with Crippen molar-refractivity contribution in [1.29, 1.82) is 0 Å². The highest BCUT2D eigenvalue weighted by Gasteiger charge is 2.30. The summed E-state index contributed by atoms with van der Waals surface area (Å²) in [6.45, 7) is 11.9. The van der Waals surface area contributed by atoms with E-state index in [-0.39, 0.29) is 28.9 Å². The molecule has 3 heterocycles. The number of ether oxygens (including phenoxy) is 2. The molecule has 4 bridgehead atoms. The van der Waals surface area contributed by atoms with E-state index in [1.165, 1.54) is 18.2 Å². The molecule has 2 amide bonds. The van der Waals surface area contributed by atoms with Crippen molar-refractivity contribution >= 4 is 33.5 Å². The minimum atomic E-state index is -4.17. The molecule has 0 spiro atoms. The van der Waals surface area contributed by atoms with Crippen LogP contribution >= 0.6 is 0 Å². The third-order valence-electron chi connectivity index (χ3n) is 7.26. The predicted octanol–water partition coefficient (Wildman–Crippen LogP) is 5.10. The van der Waals surface area contributed by atoms with Gasteiger partial charge in [-0.25, -0.2) is 22.9 Å². The van der Waals surface area contributed by atoms with Gasteiger partial charge in [0.2, 0.25) is 11.8 Å². The summed E-state index contributed by atoms with van der Waals surface area (Å²) in [7, 11) is -4.17. The zero-order valence-corrected chi connectivity index (χ0v) is 26.5. The molecule has 0 saturated carbocycles. The average molecular weight is 620 g/mol. The summed E-state index contributed by atoms with van der Waals surface area (Å²) in [5.74, 6) is -0.423. The minimum absolute atomic E-state index is 0.0607. The number of fused-ring (bicyclic) bond motifs is 4. The van der Waals surface area contributed by atoms with Crippen molar-refractivity contribution in [2.45, 2.75) is 64.5 Å². The summed E-state index contributed by atoms with van der Waals surface area (Å²) < 4.78 is 41.3. The molecule has 12 heteroatoms. The molecule has 0 aliphatic carbocycles. The maximum Gasteiger partial charge on any atom is 0.410 e. The van der Waals surface area contributed by atoms with Crippen LogP contribution in [0.5, 0.6) is 5.88 Å². The lowest BCUT2D eigenvalue weighted by Gasteiger charge is -2.30. The Morgan fingerprint density at radius 2 is 1.77 bits per heavy atom. The summed E-state index contributed by atoms with van der Waals surface area (Å²) in [6.07, 6.45) is 1.98. The average Bonchev–Trinajstić information content (AvgIpc) is 2.95. The van der Waals surface area contributed by atoms with E-state index in [9.17, 15) is 18.0 Å². The van der Waals surface area contributed by atoms with Gasteiger partial charge in [-0.1, -0.05) is 30.3 Å². The van der Waals surface area contributed by atoms with Gasteiger partial charge in [0.05, 0.1) is 22.2 Å². The van der Waals surface area contributed by atoms with Crippen molar-refractivity contribution < 1.29 is 27.5 Å². The molecule has 2 aliphatic heterocycles. The molecule has 11 nitrogen and oxygen atoms in total. The molecule has 2 aromatic carbocycles. The van der Waals surface area contributed by atoms with Crippen molar-refractivity contribution in [3.63, 3.8) is 0 Å². The number of anilines is 1. The molecule has 5 rings (SSSR count). The molecule has 3 aromatic rings. The van der Waals surface area contributed by atoms with E-state index in [1.807, 2.05) is 58.9 Å². The van der Waals surface area contributed by atoms with E-state index in [2.05, 4.69) is 15.0 Å². The Morgan fingerprint density at radius 1 is 1.07 bits per heavy atom. The Hall–Kier alpha value is -4.45. The monoisotopic (exact) mass is 619 g/mol. The number of nitrogens with zero attached hydrogens (tertiary/aromatic N) is 3. The van der Waals surface area contributed by atoms with Crippen molar-refractivity contribution in [3.8, 4) is 17.1 Å². The number of hydrogen-bond acceptors (Lipinski definition) is 8. The maximum absolute atomic E-state index is 13.5. The van der Waals surface area contributed by atoms with Crippen molar-refractivity contribution in [2.24, 2.45) is 0 Å². The Morgan fingerprint density at radius 3 is 2.43 bits per heavy atom. The number of sulfonamides is 1. The topological polar surface area (TPSA) is 140 Å². The van der Waals surface area contributed by atoms with Crippen LogP contribution in [-0.4, -0.2) is 66.6 Å². The van der Waals surface area contributed by atoms with Gasteiger partial charge >= 0.3 is 6.09 Å². The molecule has 0 radical (unpaired) electrons. The first kappa shape index (κ1) is 31.0. The predicted molar refractivity (Wildman–Crippen MR) is 167 cm³/mol. The van der Waals surface area contributed by atoms with Crippen LogP contribution in [0.15, 0.2) is 53.4 Å². The van der Waals surface area contributed by atoms with Gasteiger partial charge in [-0.05, 0) is 82.9 Å². The van der Waals surface area contributed by atoms with E-state index in [4.69, 9.17) is 14.5 Å². The van der Waals surface area contributed by atoms with Crippen LogP contribution in [0.4, 0.5) is 10.7 Å². The van der Waals surface area contributed by atoms with Crippen LogP contribution in [0, 0.1) is 13.8 Å². The van der Waals surface area contributed by atoms with Crippen LogP contribution in [0.2, 0.25) is 0 Å². The number of carbonyl (C=O) groups is 2. The molecule has 0 unspecified atom stereocenters. The summed E-state index contributed by atoms with van der Waals surface area (Å²) in [4.78, 5) is 36.6. The number of amides is 2. The van der Waals surface area contributed by atoms with Crippen LogP contribution < -0.4 is 14.8 Å². The van der Waals surface area contributed by atoms with E-state index >= 15 is 0 Å². The summed E-state index contributed by atoms with van der Waals surface area (Å²) in [6, 6.07) is 11.2. The molecule has 232 valence electrons. The molecule has 1 aromatic heterocycles. The molecular weight excluding hydrogens is 582 g/mol. The molecule has 1 atom stereocenters. The molecular formula is C32H37N5O6S. The van der Waals surface area contributed by atoms with Crippen LogP contribution in [0.25, 0.3) is 16.8 Å². The standard InChI is InChI=1S/C32H37N5O6S/c1-19-9-7-10-20(2)25(19)27-26(22-13-15-37(16-14-22)31(39)43-32(4,5)6)29-35-30(34-27)36-44(40,41)24-12-8-11-23(17-24)28(38)33-21(3)18-42-29/h7-13,17,21H,14-16,18H2,1-6H3,(H,33,38)(H,34,35,36)/t21-/m1/s1. The lowest BCUT2D eigenvalue weighted by Crippen LogP contribution is -2.39. The van der Waals surface area contributed by atoms with E-state index in [0.717, 1.165) is 22.3 Å². The molecule has 2 N–H and O–H groups in total. The number of carbonyl (C=O) groups excluding carboxylic acids is 2. The largest absolute Gasteiger partial charge is 0.475 e. The number of nitrogens with one attached hydrogen (secondary N) is 2. The fourth-order valence-electron chi connectivity index (χ4n) is 5.17. The van der Waals surface area contributed by atoms with Gasteiger partial charge in [0.15, 0.2) is 0 Å². The summed E-state index contributed by atoms with van der Waals surface area (Å²) >= 11 is 0. The van der Waals surface area contributed by atoms with Crippen molar-refractivity contribution in [1.82, 2.24) is 20.2 Å². The molecule has 0 saturated heterocycles. The summed E-state index contributed by atoms with van der Waals surface area (Å²) in [5.41, 5.74) is 4.21. The lowest BCUT2D eigenvalue weighted by molar-refractivity contribution is 0.0270. The Labute approximate surface area is 257 Å². The van der Waals surface area contributed by atoms with Crippen molar-refractivity contribution in [3.05, 3.63) is 70.8 Å². The highest BCUT2D eigenvalue weighted by atomic mass is 32.2. The molecule has 44 heavy (non-hydrogen) atoms. The first-order chi connectivity index (χ1) is 20.7. The summed E-state index contributed by atoms with van der Waals surface area (Å²) in [5, 5.41) is 2.87. The first-order valence-electron chi connectivity index (χ1n) is 14.4. The zero-order chi connectivity index (χ0) is 31.8. The number of aryl methyl sites for hydroxylation is 2. The van der Waals surface area contributed by atoms with E-state index < -0.39 is 33.7 Å². The molecule has 0 fully saturated rings. The third kappa shape index (κ3) is 6.70. The number of hydrogen-bond donors (Lipinski definition) is 2. The van der Waals surface area contributed by atoms with Gasteiger partial charge in [-0.2, -0.15) is 4.98 Å². The second kappa shape index (κ2) is 11.9. The maximum atomic E-state index is 13.5. The number of rotatable bonds is 2. The van der Waals surface area contributed by atoms with Gasteiger partial charge in [-0.15, -0.1) is 0 Å². The lowest BCUT2D eigenvalue weighted by atomic mass is 9.91. The van der Waals surface area contributed by atoms with Gasteiger partial charge in [0, 0.05) is 24.2 Å². The number of aromatic nitrogens is 2. The van der Waals surface area contributed by atoms with Crippen LogP contribution in [0.3, 0.4) is 0 Å². The SMILES string of the molecule is Cc1cccc(C)c1-c1nc2nc(c1C1=CCN(C(=O)OC(C)(C)C)CC1)OC[C@@H](C)NC(=O)c1cccc(c1)S(=O)(=O)N2. The second-order valence-electron chi connectivity index (χ2n) is 12.1. The Bertz CT molecular complexity index is 1740. The van der Waals surface area contributed by atoms with Gasteiger partial charge in [0.25, 0.3) is 15.9 Å². The number of benzene rings is 2. The zero-order valence-electron chi connectivity index (χ0n) is 25.7.